The van der Waals surface area contributed by atoms with E-state index < -0.39 is 12.1 Å². The molecule has 0 aliphatic carbocycles. The number of rotatable bonds is 6. The molecule has 1 aliphatic heterocycles. The van der Waals surface area contributed by atoms with E-state index in [2.05, 4.69) is 34.5 Å². The van der Waals surface area contributed by atoms with E-state index in [9.17, 15) is 13.2 Å². The van der Waals surface area contributed by atoms with Crippen LogP contribution in [0.4, 0.5) is 30.5 Å². The predicted molar refractivity (Wildman–Crippen MR) is 118 cm³/mol. The second-order valence-corrected chi connectivity index (χ2v) is 8.45. The number of halogens is 3. The van der Waals surface area contributed by atoms with E-state index in [-0.39, 0.29) is 5.82 Å². The van der Waals surface area contributed by atoms with Crippen molar-refractivity contribution >= 4 is 28.7 Å². The third-order valence-electron chi connectivity index (χ3n) is 5.06. The van der Waals surface area contributed by atoms with Crippen LogP contribution in [0.25, 0.3) is 10.7 Å². The van der Waals surface area contributed by atoms with Crippen LogP contribution < -0.4 is 9.80 Å². The second kappa shape index (κ2) is 9.35. The third-order valence-corrected chi connectivity index (χ3v) is 6.13. The van der Waals surface area contributed by atoms with Gasteiger partial charge >= 0.3 is 12.1 Å². The minimum Gasteiger partial charge on any atom is -0.378 e. The van der Waals surface area contributed by atoms with Crippen LogP contribution >= 0.6 is 11.3 Å². The van der Waals surface area contributed by atoms with Crippen molar-refractivity contribution in [2.24, 2.45) is 0 Å². The normalized spacial score (nSPS) is 14.4. The fourth-order valence-corrected chi connectivity index (χ4v) is 4.44. The van der Waals surface area contributed by atoms with Crippen molar-refractivity contribution < 1.29 is 22.4 Å². The van der Waals surface area contributed by atoms with Gasteiger partial charge in [0.25, 0.3) is 0 Å². The van der Waals surface area contributed by atoms with Gasteiger partial charge in [-0.1, -0.05) is 5.16 Å². The summed E-state index contributed by atoms with van der Waals surface area (Å²) < 4.78 is 48.3. The SMILES string of the molecule is FC(F)(F)c1nc(-c2ccc(CN(c3cnccn3)c3ncccc3N3CCOCC3)s2)no1. The summed E-state index contributed by atoms with van der Waals surface area (Å²) in [6, 6.07) is 7.35. The molecule has 0 atom stereocenters. The Labute approximate surface area is 195 Å². The van der Waals surface area contributed by atoms with Crippen LogP contribution in [0.5, 0.6) is 0 Å². The van der Waals surface area contributed by atoms with Crippen molar-refractivity contribution in [3.05, 3.63) is 59.8 Å². The molecule has 0 amide bonds. The molecule has 0 radical (unpaired) electrons. The zero-order valence-electron chi connectivity index (χ0n) is 17.6. The molecule has 0 aromatic carbocycles. The molecule has 4 aromatic heterocycles. The first-order valence-corrected chi connectivity index (χ1v) is 11.1. The molecular formula is C21H18F3N7O2S. The number of ether oxygens (including phenoxy) is 1. The van der Waals surface area contributed by atoms with Crippen LogP contribution in [-0.4, -0.2) is 51.4 Å². The van der Waals surface area contributed by atoms with Gasteiger partial charge in [-0.2, -0.15) is 18.2 Å². The number of anilines is 3. The van der Waals surface area contributed by atoms with E-state index in [0.29, 0.717) is 36.3 Å². The fourth-order valence-electron chi connectivity index (χ4n) is 3.52. The van der Waals surface area contributed by atoms with Gasteiger partial charge in [-0.15, -0.1) is 11.3 Å². The standard InChI is InChI=1S/C21H18F3N7O2S/c22-21(23,24)20-28-18(29-33-20)16-4-3-14(34-16)13-31(17-12-25-6-7-26-17)19-15(2-1-5-27-19)30-8-10-32-11-9-30/h1-7,12H,8-11,13H2. The third kappa shape index (κ3) is 4.70. The largest absolute Gasteiger partial charge is 0.471 e. The number of morpholine rings is 1. The van der Waals surface area contributed by atoms with Crippen LogP contribution in [0, 0.1) is 0 Å². The molecular weight excluding hydrogens is 471 g/mol. The highest BCUT2D eigenvalue weighted by Gasteiger charge is 2.38. The molecule has 4 aromatic rings. The van der Waals surface area contributed by atoms with E-state index in [0.717, 1.165) is 23.7 Å². The van der Waals surface area contributed by atoms with Gasteiger partial charge in [0.05, 0.1) is 36.5 Å². The lowest BCUT2D eigenvalue weighted by atomic mass is 10.2. The summed E-state index contributed by atoms with van der Waals surface area (Å²) in [6.45, 7) is 3.07. The van der Waals surface area contributed by atoms with Crippen LogP contribution in [0.1, 0.15) is 10.8 Å². The molecule has 1 aliphatic rings. The second-order valence-electron chi connectivity index (χ2n) is 7.28. The first-order chi connectivity index (χ1) is 16.5. The van der Waals surface area contributed by atoms with E-state index in [1.807, 2.05) is 23.1 Å². The van der Waals surface area contributed by atoms with E-state index in [4.69, 9.17) is 4.74 Å². The van der Waals surface area contributed by atoms with Gasteiger partial charge in [-0.25, -0.2) is 9.97 Å². The molecule has 34 heavy (non-hydrogen) atoms. The monoisotopic (exact) mass is 489 g/mol. The number of aromatic nitrogens is 5. The molecule has 176 valence electrons. The van der Waals surface area contributed by atoms with Crippen molar-refractivity contribution in [1.82, 2.24) is 25.1 Å². The lowest BCUT2D eigenvalue weighted by molar-refractivity contribution is -0.159. The smallest absolute Gasteiger partial charge is 0.378 e. The fraction of sp³-hybridized carbons (Fsp3) is 0.286. The van der Waals surface area contributed by atoms with Crippen molar-refractivity contribution in [1.29, 1.82) is 0 Å². The lowest BCUT2D eigenvalue weighted by Crippen LogP contribution is -2.37. The number of hydrogen-bond donors (Lipinski definition) is 0. The van der Waals surface area contributed by atoms with Crippen molar-refractivity contribution in [2.75, 3.05) is 36.1 Å². The Hall–Kier alpha value is -3.58. The molecule has 9 nitrogen and oxygen atoms in total. The van der Waals surface area contributed by atoms with Crippen molar-refractivity contribution in [3.63, 3.8) is 0 Å². The Morgan fingerprint density at radius 3 is 2.65 bits per heavy atom. The summed E-state index contributed by atoms with van der Waals surface area (Å²) in [6.07, 6.45) is 1.84. The summed E-state index contributed by atoms with van der Waals surface area (Å²) in [4.78, 5) is 22.2. The van der Waals surface area contributed by atoms with Crippen LogP contribution in [-0.2, 0) is 17.5 Å². The molecule has 0 N–H and O–H groups in total. The van der Waals surface area contributed by atoms with E-state index in [1.54, 1.807) is 30.9 Å². The first kappa shape index (κ1) is 22.2. The summed E-state index contributed by atoms with van der Waals surface area (Å²) in [5.74, 6) is -0.202. The average Bonchev–Trinajstić information content (AvgIpc) is 3.54. The Kier molecular flexibility index (Phi) is 6.11. The Balaban J connectivity index is 1.47. The summed E-state index contributed by atoms with van der Waals surface area (Å²) in [7, 11) is 0. The van der Waals surface area contributed by atoms with Crippen LogP contribution in [0.2, 0.25) is 0 Å². The zero-order chi connectivity index (χ0) is 23.5. The number of nitrogens with zero attached hydrogens (tertiary/aromatic N) is 7. The molecule has 0 saturated carbocycles. The van der Waals surface area contributed by atoms with Gasteiger partial charge in [0.2, 0.25) is 5.82 Å². The topological polar surface area (TPSA) is 93.3 Å². The lowest BCUT2D eigenvalue weighted by Gasteiger charge is -2.33. The minimum atomic E-state index is -4.69. The van der Waals surface area contributed by atoms with Gasteiger partial charge in [0.15, 0.2) is 11.6 Å². The number of alkyl halides is 3. The van der Waals surface area contributed by atoms with Crippen molar-refractivity contribution in [3.8, 4) is 10.7 Å². The molecule has 0 bridgehead atoms. The van der Waals surface area contributed by atoms with Crippen LogP contribution in [0.3, 0.4) is 0 Å². The zero-order valence-corrected chi connectivity index (χ0v) is 18.5. The average molecular weight is 489 g/mol. The Morgan fingerprint density at radius 1 is 1.06 bits per heavy atom. The highest BCUT2D eigenvalue weighted by atomic mass is 32.1. The molecule has 0 unspecified atom stereocenters. The van der Waals surface area contributed by atoms with Crippen LogP contribution in [0.15, 0.2) is 53.6 Å². The van der Waals surface area contributed by atoms with Gasteiger partial charge in [-0.3, -0.25) is 4.98 Å². The molecule has 1 fully saturated rings. The summed E-state index contributed by atoms with van der Waals surface area (Å²) >= 11 is 1.27. The van der Waals surface area contributed by atoms with E-state index in [1.165, 1.54) is 11.3 Å². The highest BCUT2D eigenvalue weighted by molar-refractivity contribution is 7.15. The molecule has 1 saturated heterocycles. The number of hydrogen-bond acceptors (Lipinski definition) is 10. The molecule has 0 spiro atoms. The molecule has 13 heteroatoms. The van der Waals surface area contributed by atoms with Gasteiger partial charge in [0.1, 0.15) is 0 Å². The summed E-state index contributed by atoms with van der Waals surface area (Å²) in [5.41, 5.74) is 0.932. The molecule has 5 heterocycles. The Bertz CT molecular complexity index is 1240. The first-order valence-electron chi connectivity index (χ1n) is 10.3. The highest BCUT2D eigenvalue weighted by Crippen LogP contribution is 2.36. The van der Waals surface area contributed by atoms with Crippen molar-refractivity contribution in [2.45, 2.75) is 12.7 Å². The Morgan fingerprint density at radius 2 is 1.91 bits per heavy atom. The summed E-state index contributed by atoms with van der Waals surface area (Å²) in [5, 5.41) is 3.47. The predicted octanol–water partition coefficient (Wildman–Crippen LogP) is 4.18. The maximum Gasteiger partial charge on any atom is 0.471 e. The van der Waals surface area contributed by atoms with E-state index >= 15 is 0 Å². The maximum absolute atomic E-state index is 12.8. The van der Waals surface area contributed by atoms with Gasteiger partial charge in [0, 0.05) is 36.6 Å². The van der Waals surface area contributed by atoms with Gasteiger partial charge < -0.3 is 19.1 Å². The number of pyridine rings is 1. The minimum absolute atomic E-state index is 0.110. The maximum atomic E-state index is 12.8. The van der Waals surface area contributed by atoms with Gasteiger partial charge in [-0.05, 0) is 24.3 Å². The molecule has 5 rings (SSSR count). The quantitative estimate of drug-likeness (QED) is 0.395. The number of thiophene rings is 1.